The van der Waals surface area contributed by atoms with Crippen molar-refractivity contribution in [2.24, 2.45) is 5.92 Å². The van der Waals surface area contributed by atoms with Gasteiger partial charge in [-0.25, -0.2) is 4.79 Å². The molecule has 1 atom stereocenters. The van der Waals surface area contributed by atoms with E-state index in [2.05, 4.69) is 48.7 Å². The maximum absolute atomic E-state index is 12.6. The molecule has 4 heteroatoms. The van der Waals surface area contributed by atoms with Gasteiger partial charge < -0.3 is 15.5 Å². The van der Waals surface area contributed by atoms with E-state index in [0.29, 0.717) is 6.04 Å². The molecule has 0 radical (unpaired) electrons. The van der Waals surface area contributed by atoms with Gasteiger partial charge in [0.1, 0.15) is 0 Å². The predicted octanol–water partition coefficient (Wildman–Crippen LogP) is 3.18. The maximum atomic E-state index is 12.6. The zero-order valence-electron chi connectivity index (χ0n) is 15.1. The fraction of sp³-hybridized carbons (Fsp3) is 0.650. The predicted molar refractivity (Wildman–Crippen MR) is 98.1 cm³/mol. The van der Waals surface area contributed by atoms with Crippen LogP contribution in [-0.2, 0) is 6.42 Å². The molecule has 2 aliphatic rings. The highest BCUT2D eigenvalue weighted by molar-refractivity contribution is 5.75. The summed E-state index contributed by atoms with van der Waals surface area (Å²) in [6.07, 6.45) is 5.82. The second kappa shape index (κ2) is 7.56. The van der Waals surface area contributed by atoms with Gasteiger partial charge in [-0.3, -0.25) is 0 Å². The summed E-state index contributed by atoms with van der Waals surface area (Å²) in [6, 6.07) is 11.1. The first-order valence-corrected chi connectivity index (χ1v) is 9.42. The zero-order valence-corrected chi connectivity index (χ0v) is 15.1. The minimum absolute atomic E-state index is 0.104. The van der Waals surface area contributed by atoms with Crippen LogP contribution in [-0.4, -0.2) is 42.1 Å². The summed E-state index contributed by atoms with van der Waals surface area (Å²) >= 11 is 0. The van der Waals surface area contributed by atoms with E-state index in [0.717, 1.165) is 44.8 Å². The van der Waals surface area contributed by atoms with Crippen molar-refractivity contribution in [3.05, 3.63) is 35.9 Å². The van der Waals surface area contributed by atoms with Gasteiger partial charge in [-0.2, -0.15) is 0 Å². The SMILES string of the molecule is CC1(C)C(C2CC2)NCCN1C(=O)NCCCCc1ccccc1. The Morgan fingerprint density at radius 3 is 2.71 bits per heavy atom. The Kier molecular flexibility index (Phi) is 5.44. The Bertz CT molecular complexity index is 539. The number of hydrogen-bond acceptors (Lipinski definition) is 2. The number of aryl methyl sites for hydroxylation is 1. The standard InChI is InChI=1S/C20H31N3O/c1-20(2)18(17-11-12-17)21-14-15-23(20)19(24)22-13-7-6-10-16-8-4-3-5-9-16/h3-5,8-9,17-18,21H,6-7,10-15H2,1-2H3,(H,22,24). The Hall–Kier alpha value is -1.55. The molecular weight excluding hydrogens is 298 g/mol. The number of carbonyl (C=O) groups excluding carboxylic acids is 1. The number of benzene rings is 1. The summed E-state index contributed by atoms with van der Waals surface area (Å²) in [6.45, 7) is 6.88. The Morgan fingerprint density at radius 2 is 2.00 bits per heavy atom. The van der Waals surface area contributed by atoms with E-state index < -0.39 is 0 Å². The number of hydrogen-bond donors (Lipinski definition) is 2. The molecule has 0 spiro atoms. The van der Waals surface area contributed by atoms with E-state index in [4.69, 9.17) is 0 Å². The highest BCUT2D eigenvalue weighted by Crippen LogP contribution is 2.40. The number of nitrogens with zero attached hydrogens (tertiary/aromatic N) is 1. The average Bonchev–Trinajstić information content (AvgIpc) is 3.39. The Morgan fingerprint density at radius 1 is 1.25 bits per heavy atom. The molecule has 132 valence electrons. The molecule has 3 rings (SSSR count). The quantitative estimate of drug-likeness (QED) is 0.787. The van der Waals surface area contributed by atoms with Crippen LogP contribution < -0.4 is 10.6 Å². The van der Waals surface area contributed by atoms with Crippen molar-refractivity contribution in [2.75, 3.05) is 19.6 Å². The van der Waals surface area contributed by atoms with Crippen LogP contribution in [0.2, 0.25) is 0 Å². The molecule has 1 saturated carbocycles. The summed E-state index contributed by atoms with van der Waals surface area (Å²) in [7, 11) is 0. The van der Waals surface area contributed by atoms with E-state index >= 15 is 0 Å². The van der Waals surface area contributed by atoms with Crippen LogP contribution in [0.25, 0.3) is 0 Å². The Labute approximate surface area is 146 Å². The second-order valence-corrected chi connectivity index (χ2v) is 7.75. The van der Waals surface area contributed by atoms with Crippen molar-refractivity contribution >= 4 is 6.03 Å². The number of carbonyl (C=O) groups is 1. The first-order valence-electron chi connectivity index (χ1n) is 9.42. The van der Waals surface area contributed by atoms with Gasteiger partial charge in [0.2, 0.25) is 0 Å². The number of amides is 2. The number of piperazine rings is 1. The molecular formula is C20H31N3O. The summed E-state index contributed by atoms with van der Waals surface area (Å²) < 4.78 is 0. The largest absolute Gasteiger partial charge is 0.338 e. The second-order valence-electron chi connectivity index (χ2n) is 7.75. The summed E-state index contributed by atoms with van der Waals surface area (Å²) in [5, 5.41) is 6.76. The summed E-state index contributed by atoms with van der Waals surface area (Å²) in [4.78, 5) is 14.7. The lowest BCUT2D eigenvalue weighted by Gasteiger charge is -2.48. The van der Waals surface area contributed by atoms with Crippen LogP contribution >= 0.6 is 0 Å². The third-order valence-electron chi connectivity index (χ3n) is 5.51. The fourth-order valence-corrected chi connectivity index (χ4v) is 3.96. The molecule has 2 amide bonds. The van der Waals surface area contributed by atoms with Crippen LogP contribution in [0.15, 0.2) is 30.3 Å². The van der Waals surface area contributed by atoms with Crippen molar-refractivity contribution in [1.82, 2.24) is 15.5 Å². The van der Waals surface area contributed by atoms with Gasteiger partial charge in [-0.15, -0.1) is 0 Å². The minimum atomic E-state index is -0.104. The smallest absolute Gasteiger partial charge is 0.317 e. The highest BCUT2D eigenvalue weighted by Gasteiger charge is 2.47. The molecule has 24 heavy (non-hydrogen) atoms. The van der Waals surface area contributed by atoms with Crippen molar-refractivity contribution in [3.8, 4) is 0 Å². The lowest BCUT2D eigenvalue weighted by Crippen LogP contribution is -2.67. The molecule has 2 N–H and O–H groups in total. The first-order chi connectivity index (χ1) is 11.6. The van der Waals surface area contributed by atoms with E-state index in [9.17, 15) is 4.79 Å². The monoisotopic (exact) mass is 329 g/mol. The molecule has 1 aromatic rings. The lowest BCUT2D eigenvalue weighted by molar-refractivity contribution is 0.0682. The summed E-state index contributed by atoms with van der Waals surface area (Å²) in [5.74, 6) is 0.751. The molecule has 1 unspecified atom stereocenters. The molecule has 2 fully saturated rings. The van der Waals surface area contributed by atoms with E-state index in [1.165, 1.54) is 18.4 Å². The van der Waals surface area contributed by atoms with E-state index in [1.54, 1.807) is 0 Å². The normalized spacial score (nSPS) is 23.1. The molecule has 1 heterocycles. The molecule has 1 saturated heterocycles. The number of nitrogens with one attached hydrogen (secondary N) is 2. The zero-order chi connectivity index (χ0) is 17.0. The van der Waals surface area contributed by atoms with Crippen LogP contribution in [0.5, 0.6) is 0 Å². The van der Waals surface area contributed by atoms with Gasteiger partial charge in [0.25, 0.3) is 0 Å². The topological polar surface area (TPSA) is 44.4 Å². The minimum Gasteiger partial charge on any atom is -0.338 e. The molecule has 0 aromatic heterocycles. The highest BCUT2D eigenvalue weighted by atomic mass is 16.2. The van der Waals surface area contributed by atoms with E-state index in [-0.39, 0.29) is 11.6 Å². The van der Waals surface area contributed by atoms with Crippen molar-refractivity contribution in [3.63, 3.8) is 0 Å². The molecule has 1 aliphatic carbocycles. The number of urea groups is 1. The van der Waals surface area contributed by atoms with Gasteiger partial charge in [-0.05, 0) is 57.4 Å². The first kappa shape index (κ1) is 17.3. The molecule has 0 bridgehead atoms. The van der Waals surface area contributed by atoms with Crippen molar-refractivity contribution < 1.29 is 4.79 Å². The van der Waals surface area contributed by atoms with Gasteiger partial charge in [0.15, 0.2) is 0 Å². The molecule has 1 aliphatic heterocycles. The number of unbranched alkanes of at least 4 members (excludes halogenated alkanes) is 1. The Balaban J connectivity index is 1.41. The molecule has 1 aromatic carbocycles. The van der Waals surface area contributed by atoms with Gasteiger partial charge >= 0.3 is 6.03 Å². The van der Waals surface area contributed by atoms with Crippen molar-refractivity contribution in [2.45, 2.75) is 57.5 Å². The van der Waals surface area contributed by atoms with E-state index in [1.807, 2.05) is 11.0 Å². The summed E-state index contributed by atoms with van der Waals surface area (Å²) in [5.41, 5.74) is 1.27. The maximum Gasteiger partial charge on any atom is 0.317 e. The third kappa shape index (κ3) is 4.10. The van der Waals surface area contributed by atoms with Gasteiger partial charge in [0, 0.05) is 25.7 Å². The van der Waals surface area contributed by atoms with Crippen LogP contribution in [0.1, 0.15) is 45.1 Å². The van der Waals surface area contributed by atoms with Gasteiger partial charge in [-0.1, -0.05) is 30.3 Å². The van der Waals surface area contributed by atoms with Crippen LogP contribution in [0, 0.1) is 5.92 Å². The molecule has 4 nitrogen and oxygen atoms in total. The average molecular weight is 329 g/mol. The third-order valence-corrected chi connectivity index (χ3v) is 5.51. The fourth-order valence-electron chi connectivity index (χ4n) is 3.96. The van der Waals surface area contributed by atoms with Crippen LogP contribution in [0.3, 0.4) is 0 Å². The van der Waals surface area contributed by atoms with Gasteiger partial charge in [0.05, 0.1) is 5.54 Å². The van der Waals surface area contributed by atoms with Crippen LogP contribution in [0.4, 0.5) is 4.79 Å². The number of rotatable bonds is 6. The lowest BCUT2D eigenvalue weighted by atomic mass is 9.87. The van der Waals surface area contributed by atoms with Crippen molar-refractivity contribution in [1.29, 1.82) is 0 Å².